The zero-order valence-corrected chi connectivity index (χ0v) is 19.7. The van der Waals surface area contributed by atoms with Gasteiger partial charge in [-0.05, 0) is 62.6 Å². The van der Waals surface area contributed by atoms with Crippen LogP contribution in [-0.4, -0.2) is 44.2 Å². The Kier molecular flexibility index (Phi) is 8.10. The Bertz CT molecular complexity index is 1020. The van der Waals surface area contributed by atoms with Crippen LogP contribution < -0.4 is 10.6 Å². The fourth-order valence-electron chi connectivity index (χ4n) is 3.41. The van der Waals surface area contributed by atoms with Crippen LogP contribution in [0.1, 0.15) is 30.6 Å². The molecule has 1 aliphatic heterocycles. The molecule has 168 valence electrons. The van der Waals surface area contributed by atoms with Crippen molar-refractivity contribution in [3.8, 4) is 0 Å². The molecule has 1 aromatic heterocycles. The molecule has 3 rings (SSSR count). The predicted octanol–water partition coefficient (Wildman–Crippen LogP) is 3.65. The van der Waals surface area contributed by atoms with E-state index in [-0.39, 0.29) is 30.7 Å². The summed E-state index contributed by atoms with van der Waals surface area (Å²) in [5.41, 5.74) is 0.669. The first-order valence-corrected chi connectivity index (χ1v) is 12.8. The van der Waals surface area contributed by atoms with Crippen molar-refractivity contribution in [2.45, 2.75) is 36.8 Å². The van der Waals surface area contributed by atoms with E-state index in [4.69, 9.17) is 11.6 Å². The van der Waals surface area contributed by atoms with Crippen LogP contribution in [0.2, 0.25) is 5.02 Å². The number of carbonyl (C=O) groups is 2. The molecule has 10 heteroatoms. The summed E-state index contributed by atoms with van der Waals surface area (Å²) in [6.07, 6.45) is 2.06. The molecule has 31 heavy (non-hydrogen) atoms. The summed E-state index contributed by atoms with van der Waals surface area (Å²) in [4.78, 5) is 25.5. The fraction of sp³-hybridized carbons (Fsp3) is 0.429. The van der Waals surface area contributed by atoms with Crippen LogP contribution in [0, 0.1) is 12.8 Å². The molecule has 2 N–H and O–H groups in total. The Morgan fingerprint density at radius 3 is 2.61 bits per heavy atom. The molecule has 1 atom stereocenters. The van der Waals surface area contributed by atoms with E-state index in [2.05, 4.69) is 10.6 Å². The lowest BCUT2D eigenvalue weighted by Gasteiger charge is -2.30. The Morgan fingerprint density at radius 2 is 1.94 bits per heavy atom. The molecular weight excluding hydrogens is 458 g/mol. The number of benzene rings is 1. The maximum atomic E-state index is 12.8. The van der Waals surface area contributed by atoms with Crippen molar-refractivity contribution in [3.63, 3.8) is 0 Å². The first-order valence-electron chi connectivity index (χ1n) is 10.2. The van der Waals surface area contributed by atoms with Crippen LogP contribution in [0.4, 0.5) is 5.69 Å². The van der Waals surface area contributed by atoms with Gasteiger partial charge in [-0.3, -0.25) is 9.59 Å². The molecule has 1 fully saturated rings. The summed E-state index contributed by atoms with van der Waals surface area (Å²) in [5.74, 6) is -0.689. The van der Waals surface area contributed by atoms with E-state index in [1.54, 1.807) is 36.4 Å². The van der Waals surface area contributed by atoms with Gasteiger partial charge in [0, 0.05) is 41.6 Å². The molecule has 0 bridgehead atoms. The number of rotatable bonds is 8. The highest BCUT2D eigenvalue weighted by Gasteiger charge is 2.33. The molecule has 0 saturated carbocycles. The van der Waals surface area contributed by atoms with E-state index in [1.807, 2.05) is 6.92 Å². The van der Waals surface area contributed by atoms with Gasteiger partial charge in [-0.15, -0.1) is 11.3 Å². The number of anilines is 1. The minimum absolute atomic E-state index is 0.141. The lowest BCUT2D eigenvalue weighted by molar-refractivity contribution is -0.126. The number of hydrogen-bond donors (Lipinski definition) is 2. The Hall–Kier alpha value is -1.94. The minimum Gasteiger partial charge on any atom is -0.356 e. The summed E-state index contributed by atoms with van der Waals surface area (Å²) in [6, 6.07) is 10.3. The topological polar surface area (TPSA) is 95.6 Å². The van der Waals surface area contributed by atoms with E-state index in [0.717, 1.165) is 4.88 Å². The van der Waals surface area contributed by atoms with Crippen LogP contribution in [-0.2, 0) is 19.6 Å². The van der Waals surface area contributed by atoms with Gasteiger partial charge in [0.05, 0.1) is 5.92 Å². The smallest absolute Gasteiger partial charge is 0.252 e. The summed E-state index contributed by atoms with van der Waals surface area (Å²) in [5, 5.41) is 6.21. The number of nitrogens with one attached hydrogen (secondary N) is 2. The third-order valence-corrected chi connectivity index (χ3v) is 8.66. The molecule has 7 nitrogen and oxygen atoms in total. The summed E-state index contributed by atoms with van der Waals surface area (Å²) in [6.45, 7) is 2.84. The lowest BCUT2D eigenvalue weighted by atomic mass is 9.99. The van der Waals surface area contributed by atoms with Crippen molar-refractivity contribution in [2.24, 2.45) is 5.92 Å². The molecule has 1 aromatic carbocycles. The number of piperidine rings is 1. The molecule has 2 amide bonds. The normalized spacial score (nSPS) is 17.3. The molecule has 0 radical (unpaired) electrons. The molecule has 2 heterocycles. The zero-order chi connectivity index (χ0) is 22.4. The van der Waals surface area contributed by atoms with E-state index in [0.29, 0.717) is 47.3 Å². The second-order valence-electron chi connectivity index (χ2n) is 7.52. The molecule has 1 unspecified atom stereocenters. The lowest BCUT2D eigenvalue weighted by Crippen LogP contribution is -2.45. The van der Waals surface area contributed by atoms with Gasteiger partial charge in [0.1, 0.15) is 4.21 Å². The van der Waals surface area contributed by atoms with Gasteiger partial charge in [0.2, 0.25) is 11.8 Å². The summed E-state index contributed by atoms with van der Waals surface area (Å²) in [7, 11) is -3.57. The highest BCUT2D eigenvalue weighted by atomic mass is 35.5. The first kappa shape index (κ1) is 23.7. The molecular formula is C21H26ClN3O4S2. The SMILES string of the molecule is Cc1ccc(S(=O)(=O)N2CCCC(C(=O)NCCCC(=O)Nc3ccc(Cl)cc3)C2)s1. The van der Waals surface area contributed by atoms with Gasteiger partial charge in [0.25, 0.3) is 10.0 Å². The van der Waals surface area contributed by atoms with Crippen molar-refractivity contribution >= 4 is 50.5 Å². The Balaban J connectivity index is 1.43. The van der Waals surface area contributed by atoms with Gasteiger partial charge >= 0.3 is 0 Å². The van der Waals surface area contributed by atoms with Crippen LogP contribution >= 0.6 is 22.9 Å². The molecule has 0 aliphatic carbocycles. The van der Waals surface area contributed by atoms with Crippen LogP contribution in [0.15, 0.2) is 40.6 Å². The largest absolute Gasteiger partial charge is 0.356 e. The van der Waals surface area contributed by atoms with E-state index >= 15 is 0 Å². The quantitative estimate of drug-likeness (QED) is 0.560. The van der Waals surface area contributed by atoms with Gasteiger partial charge in [0.15, 0.2) is 0 Å². The maximum absolute atomic E-state index is 12.8. The molecule has 0 spiro atoms. The number of carbonyl (C=O) groups excluding carboxylic acids is 2. The summed E-state index contributed by atoms with van der Waals surface area (Å²) >= 11 is 7.07. The number of amides is 2. The summed E-state index contributed by atoms with van der Waals surface area (Å²) < 4.78 is 27.4. The first-order chi connectivity index (χ1) is 14.8. The fourth-order valence-corrected chi connectivity index (χ4v) is 6.50. The van der Waals surface area contributed by atoms with E-state index < -0.39 is 10.0 Å². The average Bonchev–Trinajstić information content (AvgIpc) is 3.20. The Morgan fingerprint density at radius 1 is 1.19 bits per heavy atom. The predicted molar refractivity (Wildman–Crippen MR) is 123 cm³/mol. The number of aryl methyl sites for hydroxylation is 1. The number of thiophene rings is 1. The van der Waals surface area contributed by atoms with E-state index in [9.17, 15) is 18.0 Å². The number of hydrogen-bond acceptors (Lipinski definition) is 5. The second-order valence-corrected chi connectivity index (χ2v) is 11.4. The Labute approximate surface area is 191 Å². The van der Waals surface area contributed by atoms with Crippen LogP contribution in [0.3, 0.4) is 0 Å². The van der Waals surface area contributed by atoms with Gasteiger partial charge < -0.3 is 10.6 Å². The highest BCUT2D eigenvalue weighted by Crippen LogP contribution is 2.28. The third-order valence-electron chi connectivity index (χ3n) is 5.07. The highest BCUT2D eigenvalue weighted by molar-refractivity contribution is 7.91. The maximum Gasteiger partial charge on any atom is 0.252 e. The number of halogens is 1. The van der Waals surface area contributed by atoms with Crippen molar-refractivity contribution in [2.75, 3.05) is 25.0 Å². The monoisotopic (exact) mass is 483 g/mol. The minimum atomic E-state index is -3.57. The standard InChI is InChI=1S/C21H26ClN3O4S2/c1-15-6-11-20(30-15)31(28,29)25-13-3-4-16(14-25)21(27)23-12-2-5-19(26)24-18-9-7-17(22)8-10-18/h6-11,16H,2-5,12-14H2,1H3,(H,23,27)(H,24,26). The van der Waals surface area contributed by atoms with Crippen LogP contribution in [0.5, 0.6) is 0 Å². The zero-order valence-electron chi connectivity index (χ0n) is 17.3. The van der Waals surface area contributed by atoms with Crippen LogP contribution in [0.25, 0.3) is 0 Å². The van der Waals surface area contributed by atoms with Crippen molar-refractivity contribution in [1.82, 2.24) is 9.62 Å². The van der Waals surface area contributed by atoms with E-state index in [1.165, 1.54) is 15.6 Å². The number of nitrogens with zero attached hydrogens (tertiary/aromatic N) is 1. The molecule has 2 aromatic rings. The molecule has 1 saturated heterocycles. The average molecular weight is 484 g/mol. The van der Waals surface area contributed by atoms with Gasteiger partial charge in [-0.2, -0.15) is 4.31 Å². The third kappa shape index (κ3) is 6.52. The second kappa shape index (κ2) is 10.6. The van der Waals surface area contributed by atoms with Crippen molar-refractivity contribution < 1.29 is 18.0 Å². The molecule has 1 aliphatic rings. The van der Waals surface area contributed by atoms with Gasteiger partial charge in [-0.1, -0.05) is 11.6 Å². The van der Waals surface area contributed by atoms with Crippen molar-refractivity contribution in [1.29, 1.82) is 0 Å². The van der Waals surface area contributed by atoms with Crippen molar-refractivity contribution in [3.05, 3.63) is 46.3 Å². The van der Waals surface area contributed by atoms with Gasteiger partial charge in [-0.25, -0.2) is 8.42 Å². The number of sulfonamides is 1.